The van der Waals surface area contributed by atoms with E-state index in [2.05, 4.69) is 21.3 Å². The van der Waals surface area contributed by atoms with Crippen LogP contribution < -0.4 is 54.2 Å². The lowest BCUT2D eigenvalue weighted by Gasteiger charge is -2.35. The summed E-state index contributed by atoms with van der Waals surface area (Å²) in [4.78, 5) is 54.1. The second kappa shape index (κ2) is 32.4. The van der Waals surface area contributed by atoms with Crippen LogP contribution in [0.2, 0.25) is 0 Å². The van der Waals surface area contributed by atoms with Crippen molar-refractivity contribution in [3.8, 4) is 0 Å². The molecule has 0 atom stereocenters. The Morgan fingerprint density at radius 2 is 0.653 bits per heavy atom. The van der Waals surface area contributed by atoms with Gasteiger partial charge in [-0.1, -0.05) is 117 Å². The highest BCUT2D eigenvalue weighted by atomic mass is 79.9. The van der Waals surface area contributed by atoms with E-state index in [-0.39, 0.29) is 103 Å². The smallest absolute Gasteiger partial charge is 0.220 e. The van der Waals surface area contributed by atoms with Crippen LogP contribution >= 0.6 is 7.26 Å². The van der Waals surface area contributed by atoms with Gasteiger partial charge >= 0.3 is 0 Å². The van der Waals surface area contributed by atoms with Crippen molar-refractivity contribution in [2.75, 3.05) is 25.8 Å². The number of carbonyl (C=O) groups excluding carboxylic acids is 4. The molecule has 0 radical (unpaired) electrons. The van der Waals surface area contributed by atoms with E-state index in [1.807, 2.05) is 91.0 Å². The fraction of sp³-hybridized carbons (Fsp3) is 0.355. The van der Waals surface area contributed by atoms with E-state index in [1.165, 1.54) is 36.4 Å². The summed E-state index contributed by atoms with van der Waals surface area (Å²) in [6.45, 7) is 0.0135. The van der Waals surface area contributed by atoms with Crippen molar-refractivity contribution in [2.24, 2.45) is 0 Å². The van der Waals surface area contributed by atoms with Crippen LogP contribution in [0.1, 0.15) is 107 Å². The third-order valence-electron chi connectivity index (χ3n) is 13.6. The number of hydrogen-bond acceptors (Lipinski definition) is 4. The van der Waals surface area contributed by atoms with Crippen LogP contribution in [0.25, 0.3) is 0 Å². The number of carbonyl (C=O) groups is 4. The Labute approximate surface area is 453 Å². The molecule has 0 aliphatic carbocycles. The lowest BCUT2D eigenvalue weighted by Crippen LogP contribution is -3.00. The summed E-state index contributed by atoms with van der Waals surface area (Å²) in [7, 11) is -2.40. The number of aryl methyl sites for hydroxylation is 3. The first-order chi connectivity index (χ1) is 36.0. The fourth-order valence-electron chi connectivity index (χ4n) is 9.48. The zero-order chi connectivity index (χ0) is 52.3. The van der Waals surface area contributed by atoms with Crippen molar-refractivity contribution in [1.29, 1.82) is 0 Å². The SMILES string of the molecule is O=C(CCCc1ccccc1)NCC(CNC(=O)CCCc1ccccc1)(CNC(=O)CCCc1ccccc1)NC(=O)CCCCCCCCC[P+](c1ccc(F)cc1)(c1ccc(F)cc1)c1ccc(F)cc1.[Br-]. The Kier molecular flexibility index (Phi) is 25.8. The van der Waals surface area contributed by atoms with Crippen molar-refractivity contribution in [2.45, 2.75) is 115 Å². The molecule has 398 valence electrons. The molecular weight excluding hydrogens is 1030 g/mol. The minimum Gasteiger partial charge on any atom is -1.00 e. The lowest BCUT2D eigenvalue weighted by molar-refractivity contribution is -0.126. The van der Waals surface area contributed by atoms with Crippen molar-refractivity contribution >= 4 is 46.8 Å². The van der Waals surface area contributed by atoms with Gasteiger partial charge in [0.05, 0.1) is 11.7 Å². The largest absolute Gasteiger partial charge is 1.00 e. The molecule has 0 saturated carbocycles. The first-order valence-corrected chi connectivity index (χ1v) is 28.4. The molecule has 0 spiro atoms. The van der Waals surface area contributed by atoms with Gasteiger partial charge in [0.2, 0.25) is 23.6 Å². The molecule has 8 nitrogen and oxygen atoms in total. The van der Waals surface area contributed by atoms with Gasteiger partial charge in [0, 0.05) is 45.3 Å². The molecule has 0 bridgehead atoms. The predicted molar refractivity (Wildman–Crippen MR) is 295 cm³/mol. The maximum absolute atomic E-state index is 14.2. The van der Waals surface area contributed by atoms with Crippen LogP contribution in [0.3, 0.4) is 0 Å². The van der Waals surface area contributed by atoms with Gasteiger partial charge in [-0.05, 0) is 147 Å². The molecule has 0 saturated heterocycles. The van der Waals surface area contributed by atoms with Crippen molar-refractivity contribution < 1.29 is 49.3 Å². The summed E-state index contributed by atoms with van der Waals surface area (Å²) in [5, 5.41) is 15.1. The second-order valence-electron chi connectivity index (χ2n) is 19.4. The highest BCUT2D eigenvalue weighted by Crippen LogP contribution is 2.56. The van der Waals surface area contributed by atoms with E-state index in [0.29, 0.717) is 25.7 Å². The lowest BCUT2D eigenvalue weighted by atomic mass is 9.97. The third-order valence-corrected chi connectivity index (χ3v) is 18.1. The summed E-state index contributed by atoms with van der Waals surface area (Å²) >= 11 is 0. The summed E-state index contributed by atoms with van der Waals surface area (Å²) in [6.07, 6.45) is 11.9. The number of nitrogens with one attached hydrogen (secondary N) is 4. The number of unbranched alkanes of at least 4 members (excludes halogenated alkanes) is 6. The highest BCUT2D eigenvalue weighted by Gasteiger charge is 2.45. The van der Waals surface area contributed by atoms with E-state index < -0.39 is 12.8 Å². The van der Waals surface area contributed by atoms with Gasteiger partial charge in [-0.3, -0.25) is 19.2 Å². The molecule has 0 aliphatic heterocycles. The summed E-state index contributed by atoms with van der Waals surface area (Å²) in [5.74, 6) is -1.83. The van der Waals surface area contributed by atoms with Gasteiger partial charge in [-0.15, -0.1) is 0 Å². The molecule has 4 amide bonds. The number of hydrogen-bond donors (Lipinski definition) is 4. The van der Waals surface area contributed by atoms with Crippen LogP contribution in [0, 0.1) is 17.5 Å². The quantitative estimate of drug-likeness (QED) is 0.0255. The summed E-state index contributed by atoms with van der Waals surface area (Å²) in [6, 6.07) is 49.4. The van der Waals surface area contributed by atoms with Gasteiger partial charge in [0.1, 0.15) is 40.6 Å². The van der Waals surface area contributed by atoms with Crippen molar-refractivity contribution in [1.82, 2.24) is 21.3 Å². The standard InChI is InChI=1S/C62H72F3N4O4P.BrH/c63-52-33-39-55(40-34-52)74(56-41-35-53(64)36-42-56,57-43-37-54(65)38-44-57)45-16-5-3-1-2-4-15-29-61(73)69-62(46-66-58(70)30-17-26-49-20-9-6-10-21-49,47-67-59(71)31-18-27-50-22-11-7-12-23-50)48-68-60(72)32-19-28-51-24-13-8-14-25-51;/h6-14,20-25,33-44H,1-5,15-19,26-32,45-48H2,(H3-,66,67,68,69,70,71,72,73);1H. The molecule has 6 aromatic carbocycles. The molecule has 0 unspecified atom stereocenters. The van der Waals surface area contributed by atoms with Gasteiger partial charge in [-0.25, -0.2) is 13.2 Å². The van der Waals surface area contributed by atoms with Gasteiger partial charge in [0.15, 0.2) is 0 Å². The fourth-order valence-corrected chi connectivity index (χ4v) is 13.8. The molecule has 75 heavy (non-hydrogen) atoms. The molecule has 13 heteroatoms. The predicted octanol–water partition coefficient (Wildman–Crippen LogP) is 7.79. The molecule has 0 fully saturated rings. The van der Waals surface area contributed by atoms with E-state index >= 15 is 0 Å². The molecule has 0 aliphatic rings. The zero-order valence-corrected chi connectivity index (χ0v) is 45.5. The van der Waals surface area contributed by atoms with Crippen LogP contribution in [0.4, 0.5) is 13.2 Å². The van der Waals surface area contributed by atoms with Crippen molar-refractivity contribution in [3.63, 3.8) is 0 Å². The average Bonchev–Trinajstić information content (AvgIpc) is 3.42. The Morgan fingerprint density at radius 3 is 0.987 bits per heavy atom. The Hall–Kier alpha value is -6.10. The van der Waals surface area contributed by atoms with E-state index in [9.17, 15) is 32.3 Å². The Balaban J connectivity index is 0.0000104. The minimum absolute atomic E-state index is 0. The molecule has 4 N–H and O–H groups in total. The maximum Gasteiger partial charge on any atom is 0.220 e. The van der Waals surface area contributed by atoms with Crippen molar-refractivity contribution in [3.05, 3.63) is 198 Å². The Morgan fingerprint density at radius 1 is 0.360 bits per heavy atom. The molecule has 6 aromatic rings. The monoisotopic (exact) mass is 1100 g/mol. The molecular formula is C62H73BrF3N4O4P. The first kappa shape index (κ1) is 59.8. The van der Waals surface area contributed by atoms with Gasteiger partial charge < -0.3 is 38.2 Å². The van der Waals surface area contributed by atoms with Crippen LogP contribution in [-0.2, 0) is 38.4 Å². The first-order valence-electron chi connectivity index (χ1n) is 26.4. The van der Waals surface area contributed by atoms with E-state index in [1.54, 1.807) is 36.4 Å². The minimum atomic E-state index is -2.40. The highest BCUT2D eigenvalue weighted by molar-refractivity contribution is 7.95. The van der Waals surface area contributed by atoms with Crippen LogP contribution in [0.5, 0.6) is 0 Å². The van der Waals surface area contributed by atoms with E-state index in [4.69, 9.17) is 0 Å². The second-order valence-corrected chi connectivity index (χ2v) is 23.0. The van der Waals surface area contributed by atoms with Gasteiger partial charge in [0.25, 0.3) is 0 Å². The number of amides is 4. The van der Waals surface area contributed by atoms with E-state index in [0.717, 1.165) is 96.6 Å². The summed E-state index contributed by atoms with van der Waals surface area (Å²) in [5.41, 5.74) is 2.21. The zero-order valence-electron chi connectivity index (χ0n) is 43.0. The molecule has 6 rings (SSSR count). The van der Waals surface area contributed by atoms with Crippen LogP contribution in [-0.4, -0.2) is 55.0 Å². The normalized spacial score (nSPS) is 11.3. The summed E-state index contributed by atoms with van der Waals surface area (Å²) < 4.78 is 42.7. The topological polar surface area (TPSA) is 116 Å². The number of halogens is 4. The maximum atomic E-state index is 14.2. The Bertz CT molecular complexity index is 2350. The van der Waals surface area contributed by atoms with Gasteiger partial charge in [-0.2, -0.15) is 0 Å². The third kappa shape index (κ3) is 20.5. The number of benzene rings is 6. The van der Waals surface area contributed by atoms with Crippen LogP contribution in [0.15, 0.2) is 164 Å². The average molecular weight is 1110 g/mol. The number of rotatable bonds is 32. The molecule has 0 aromatic heterocycles. The molecule has 0 heterocycles.